The lowest BCUT2D eigenvalue weighted by Gasteiger charge is -2.35. The summed E-state index contributed by atoms with van der Waals surface area (Å²) >= 11 is 0. The van der Waals surface area contributed by atoms with E-state index >= 15 is 0 Å². The summed E-state index contributed by atoms with van der Waals surface area (Å²) in [7, 11) is 0. The van der Waals surface area contributed by atoms with Crippen LogP contribution in [-0.2, 0) is 11.3 Å². The molecule has 1 aliphatic heterocycles. The Balaban J connectivity index is 1.74. The summed E-state index contributed by atoms with van der Waals surface area (Å²) in [5, 5.41) is 3.39. The minimum Gasteiger partial charge on any atom is -0.368 e. The highest BCUT2D eigenvalue weighted by atomic mass is 16.2. The molecular formula is C21H18N2O. The second kappa shape index (κ2) is 6.20. The molecule has 0 saturated carbocycles. The number of para-hydroxylation sites is 2. The van der Waals surface area contributed by atoms with Gasteiger partial charge in [0.15, 0.2) is 0 Å². The summed E-state index contributed by atoms with van der Waals surface area (Å²) in [6.07, 6.45) is 0. The molecule has 1 heterocycles. The first-order valence-electron chi connectivity index (χ1n) is 8.09. The average Bonchev–Trinajstić information content (AvgIpc) is 2.65. The molecule has 0 radical (unpaired) electrons. The molecule has 0 unspecified atom stereocenters. The lowest BCUT2D eigenvalue weighted by molar-refractivity contribution is -0.119. The lowest BCUT2D eigenvalue weighted by Crippen LogP contribution is -2.41. The van der Waals surface area contributed by atoms with Gasteiger partial charge in [0.25, 0.3) is 5.91 Å². The number of hydrogen-bond acceptors (Lipinski definition) is 2. The number of rotatable bonds is 3. The number of carbonyl (C=O) groups excluding carboxylic acids is 1. The molecule has 0 fully saturated rings. The zero-order valence-corrected chi connectivity index (χ0v) is 13.2. The average molecular weight is 314 g/mol. The summed E-state index contributed by atoms with van der Waals surface area (Å²) in [6, 6.07) is 27.6. The molecule has 0 aliphatic carbocycles. The summed E-state index contributed by atoms with van der Waals surface area (Å²) in [5.41, 5.74) is 4.02. The van der Waals surface area contributed by atoms with Crippen LogP contribution < -0.4 is 10.2 Å². The van der Waals surface area contributed by atoms with E-state index in [1.807, 2.05) is 77.7 Å². The van der Waals surface area contributed by atoms with Gasteiger partial charge in [0.1, 0.15) is 6.04 Å². The van der Waals surface area contributed by atoms with Crippen molar-refractivity contribution in [1.82, 2.24) is 0 Å². The van der Waals surface area contributed by atoms with E-state index in [9.17, 15) is 4.79 Å². The molecule has 1 atom stereocenters. The summed E-state index contributed by atoms with van der Waals surface area (Å²) in [6.45, 7) is 0.571. The van der Waals surface area contributed by atoms with E-state index in [1.165, 1.54) is 0 Å². The highest BCUT2D eigenvalue weighted by molar-refractivity contribution is 6.05. The first-order chi connectivity index (χ1) is 11.8. The fourth-order valence-corrected chi connectivity index (χ4v) is 3.12. The zero-order valence-electron chi connectivity index (χ0n) is 13.2. The van der Waals surface area contributed by atoms with E-state index in [1.54, 1.807) is 0 Å². The fraction of sp³-hybridized carbons (Fsp3) is 0.0952. The Morgan fingerprint density at radius 2 is 1.42 bits per heavy atom. The number of nitrogens with one attached hydrogen (secondary N) is 1. The van der Waals surface area contributed by atoms with Gasteiger partial charge in [0.2, 0.25) is 0 Å². The first-order valence-corrected chi connectivity index (χ1v) is 8.09. The molecule has 3 nitrogen and oxygen atoms in total. The monoisotopic (exact) mass is 314 g/mol. The van der Waals surface area contributed by atoms with E-state index in [0.717, 1.165) is 22.5 Å². The number of fused-ring (bicyclic) bond motifs is 1. The van der Waals surface area contributed by atoms with Crippen molar-refractivity contribution in [3.05, 3.63) is 96.1 Å². The summed E-state index contributed by atoms with van der Waals surface area (Å²) < 4.78 is 0. The maximum absolute atomic E-state index is 13.2. The molecule has 118 valence electrons. The lowest BCUT2D eigenvalue weighted by atomic mass is 10.0. The molecule has 1 aliphatic rings. The Morgan fingerprint density at radius 1 is 0.792 bits per heavy atom. The van der Waals surface area contributed by atoms with Crippen molar-refractivity contribution < 1.29 is 4.79 Å². The largest absolute Gasteiger partial charge is 0.368 e. The fourth-order valence-electron chi connectivity index (χ4n) is 3.12. The van der Waals surface area contributed by atoms with Gasteiger partial charge >= 0.3 is 0 Å². The maximum atomic E-state index is 13.2. The summed E-state index contributed by atoms with van der Waals surface area (Å²) in [5.74, 6) is 0.0729. The third kappa shape index (κ3) is 2.65. The third-order valence-electron chi connectivity index (χ3n) is 4.32. The van der Waals surface area contributed by atoms with Crippen LogP contribution in [-0.4, -0.2) is 5.91 Å². The topological polar surface area (TPSA) is 32.3 Å². The summed E-state index contributed by atoms with van der Waals surface area (Å²) in [4.78, 5) is 15.0. The van der Waals surface area contributed by atoms with Gasteiger partial charge in [-0.15, -0.1) is 0 Å². The molecule has 24 heavy (non-hydrogen) atoms. The van der Waals surface area contributed by atoms with Crippen molar-refractivity contribution in [1.29, 1.82) is 0 Å². The van der Waals surface area contributed by atoms with Crippen LogP contribution in [0.25, 0.3) is 0 Å². The van der Waals surface area contributed by atoms with E-state index in [-0.39, 0.29) is 11.9 Å². The predicted molar refractivity (Wildman–Crippen MR) is 96.9 cm³/mol. The van der Waals surface area contributed by atoms with Crippen molar-refractivity contribution in [2.24, 2.45) is 0 Å². The molecule has 1 amide bonds. The normalized spacial score (nSPS) is 16.4. The quantitative estimate of drug-likeness (QED) is 0.778. The minimum absolute atomic E-state index is 0.0729. The van der Waals surface area contributed by atoms with Crippen LogP contribution in [0.1, 0.15) is 17.2 Å². The number of amides is 1. The predicted octanol–water partition coefficient (Wildman–Crippen LogP) is 4.39. The van der Waals surface area contributed by atoms with Crippen molar-refractivity contribution in [2.45, 2.75) is 12.6 Å². The SMILES string of the molecule is O=C1[C@H](c2ccccc2)Nc2ccccc2N1Cc1ccccc1. The first kappa shape index (κ1) is 14.5. The van der Waals surface area contributed by atoms with E-state index < -0.39 is 0 Å². The van der Waals surface area contributed by atoms with Gasteiger partial charge in [-0.1, -0.05) is 72.8 Å². The molecule has 0 bridgehead atoms. The third-order valence-corrected chi connectivity index (χ3v) is 4.32. The molecule has 3 aromatic carbocycles. The molecule has 4 rings (SSSR count). The van der Waals surface area contributed by atoms with Crippen molar-refractivity contribution in [2.75, 3.05) is 10.2 Å². The van der Waals surface area contributed by atoms with Crippen molar-refractivity contribution in [3.63, 3.8) is 0 Å². The Labute approximate surface area is 141 Å². The van der Waals surface area contributed by atoms with E-state index in [0.29, 0.717) is 6.54 Å². The molecule has 3 aromatic rings. The van der Waals surface area contributed by atoms with Gasteiger partial charge in [0.05, 0.1) is 17.9 Å². The molecule has 0 saturated heterocycles. The van der Waals surface area contributed by atoms with Crippen LogP contribution in [0, 0.1) is 0 Å². The van der Waals surface area contributed by atoms with Crippen LogP contribution in [0.5, 0.6) is 0 Å². The second-order valence-corrected chi connectivity index (χ2v) is 5.92. The molecule has 0 aromatic heterocycles. The van der Waals surface area contributed by atoms with Crippen LogP contribution >= 0.6 is 0 Å². The number of carbonyl (C=O) groups is 1. The Morgan fingerprint density at radius 3 is 2.17 bits per heavy atom. The number of hydrogen-bond donors (Lipinski definition) is 1. The van der Waals surface area contributed by atoms with Crippen LogP contribution in [0.15, 0.2) is 84.9 Å². The smallest absolute Gasteiger partial charge is 0.254 e. The molecule has 1 N–H and O–H groups in total. The van der Waals surface area contributed by atoms with Gasteiger partial charge in [-0.25, -0.2) is 0 Å². The Bertz CT molecular complexity index is 846. The highest BCUT2D eigenvalue weighted by Crippen LogP contribution is 2.37. The van der Waals surface area contributed by atoms with E-state index in [2.05, 4.69) is 17.4 Å². The van der Waals surface area contributed by atoms with E-state index in [4.69, 9.17) is 0 Å². The van der Waals surface area contributed by atoms with Crippen molar-refractivity contribution >= 4 is 17.3 Å². The van der Waals surface area contributed by atoms with Crippen LogP contribution in [0.2, 0.25) is 0 Å². The van der Waals surface area contributed by atoms with Gasteiger partial charge in [-0.3, -0.25) is 4.79 Å². The number of benzene rings is 3. The van der Waals surface area contributed by atoms with Crippen LogP contribution in [0.4, 0.5) is 11.4 Å². The van der Waals surface area contributed by atoms with Gasteiger partial charge < -0.3 is 10.2 Å². The van der Waals surface area contributed by atoms with Gasteiger partial charge in [0, 0.05) is 0 Å². The number of nitrogens with zero attached hydrogens (tertiary/aromatic N) is 1. The van der Waals surface area contributed by atoms with Crippen LogP contribution in [0.3, 0.4) is 0 Å². The minimum atomic E-state index is -0.357. The molecule has 0 spiro atoms. The Kier molecular flexibility index (Phi) is 3.75. The number of anilines is 2. The Hall–Kier alpha value is -3.07. The zero-order chi connectivity index (χ0) is 16.4. The highest BCUT2D eigenvalue weighted by Gasteiger charge is 2.33. The molecule has 3 heteroatoms. The maximum Gasteiger partial charge on any atom is 0.254 e. The van der Waals surface area contributed by atoms with Gasteiger partial charge in [-0.05, 0) is 23.3 Å². The second-order valence-electron chi connectivity index (χ2n) is 5.92. The van der Waals surface area contributed by atoms with Gasteiger partial charge in [-0.2, -0.15) is 0 Å². The van der Waals surface area contributed by atoms with Crippen molar-refractivity contribution in [3.8, 4) is 0 Å². The standard InChI is InChI=1S/C21H18N2O/c24-21-20(17-11-5-2-6-12-17)22-18-13-7-8-14-19(18)23(21)15-16-9-3-1-4-10-16/h1-14,20,22H,15H2/t20-/m0/s1. The molecular weight excluding hydrogens is 296 g/mol.